The Bertz CT molecular complexity index is 638. The van der Waals surface area contributed by atoms with Crippen molar-refractivity contribution in [1.29, 1.82) is 0 Å². The zero-order chi connectivity index (χ0) is 15.4. The summed E-state index contributed by atoms with van der Waals surface area (Å²) < 4.78 is 13.1. The zero-order valence-corrected chi connectivity index (χ0v) is 13.0. The Morgan fingerprint density at radius 1 is 1.19 bits per heavy atom. The maximum absolute atomic E-state index is 13.1. The van der Waals surface area contributed by atoms with E-state index in [2.05, 4.69) is 43.9 Å². The minimum atomic E-state index is -0.431. The molecule has 1 N–H and O–H groups in total. The summed E-state index contributed by atoms with van der Waals surface area (Å²) in [6.07, 6.45) is 0. The maximum Gasteiger partial charge on any atom is 0.251 e. The van der Waals surface area contributed by atoms with E-state index >= 15 is 0 Å². The predicted octanol–water partition coefficient (Wildman–Crippen LogP) is 4.17. The topological polar surface area (TPSA) is 29.1 Å². The lowest BCUT2D eigenvalue weighted by Gasteiger charge is -2.09. The predicted molar refractivity (Wildman–Crippen MR) is 85.4 cm³/mol. The number of hydrogen-bond acceptors (Lipinski definition) is 2. The summed E-state index contributed by atoms with van der Waals surface area (Å²) in [5.74, 6) is -0.181. The molecule has 21 heavy (non-hydrogen) atoms. The first kappa shape index (κ1) is 15.6. The van der Waals surface area contributed by atoms with Gasteiger partial charge in [-0.3, -0.25) is 4.79 Å². The summed E-state index contributed by atoms with van der Waals surface area (Å²) in [7, 11) is 0. The summed E-state index contributed by atoms with van der Waals surface area (Å²) in [5, 5.41) is 2.82. The summed E-state index contributed by atoms with van der Waals surface area (Å²) in [6, 6.07) is 12.3. The van der Waals surface area contributed by atoms with E-state index in [1.54, 1.807) is 0 Å². The first-order valence-electron chi connectivity index (χ1n) is 6.83. The van der Waals surface area contributed by atoms with Gasteiger partial charge in [0.15, 0.2) is 0 Å². The van der Waals surface area contributed by atoms with Crippen molar-refractivity contribution in [3.05, 3.63) is 65.0 Å². The van der Waals surface area contributed by atoms with E-state index in [9.17, 15) is 9.18 Å². The molecule has 0 unspecified atom stereocenters. The van der Waals surface area contributed by atoms with E-state index in [1.807, 2.05) is 12.1 Å². The summed E-state index contributed by atoms with van der Waals surface area (Å²) in [5.41, 5.74) is 2.70. The first-order chi connectivity index (χ1) is 9.97. The Morgan fingerprint density at radius 2 is 1.86 bits per heavy atom. The second kappa shape index (κ2) is 6.76. The molecule has 0 radical (unpaired) electrons. The molecule has 0 saturated heterocycles. The molecule has 0 aromatic heterocycles. The number of nitrogens with one attached hydrogen (secondary N) is 1. The summed E-state index contributed by atoms with van der Waals surface area (Å²) in [4.78, 5) is 12.2. The minimum absolute atomic E-state index is 0.170. The van der Waals surface area contributed by atoms with Crippen molar-refractivity contribution in [3.63, 3.8) is 0 Å². The number of rotatable bonds is 4. The highest BCUT2D eigenvalue weighted by atomic mass is 32.1. The molecule has 2 aromatic carbocycles. The van der Waals surface area contributed by atoms with Crippen molar-refractivity contribution >= 4 is 18.5 Å². The Labute approximate surface area is 129 Å². The average Bonchev–Trinajstić information content (AvgIpc) is 2.48. The van der Waals surface area contributed by atoms with E-state index in [0.29, 0.717) is 18.0 Å². The molecule has 0 saturated carbocycles. The molecule has 1 amide bonds. The number of benzene rings is 2. The van der Waals surface area contributed by atoms with Crippen LogP contribution in [0.1, 0.15) is 41.3 Å². The lowest BCUT2D eigenvalue weighted by molar-refractivity contribution is 0.0950. The molecule has 0 aliphatic heterocycles. The minimum Gasteiger partial charge on any atom is -0.348 e. The first-order valence-corrected chi connectivity index (χ1v) is 7.27. The van der Waals surface area contributed by atoms with Crippen molar-refractivity contribution in [1.82, 2.24) is 5.32 Å². The van der Waals surface area contributed by atoms with Gasteiger partial charge in [-0.05, 0) is 35.2 Å². The van der Waals surface area contributed by atoms with Crippen LogP contribution in [0.15, 0.2) is 47.4 Å². The Kier molecular flexibility index (Phi) is 5.02. The SMILES string of the molecule is CC(C)c1ccc(CNC(=O)c2ccc(F)c(S)c2)cc1. The Balaban J connectivity index is 1.98. The van der Waals surface area contributed by atoms with Gasteiger partial charge in [-0.25, -0.2) is 4.39 Å². The smallest absolute Gasteiger partial charge is 0.251 e. The maximum atomic E-state index is 13.1. The highest BCUT2D eigenvalue weighted by molar-refractivity contribution is 7.80. The molecule has 0 fully saturated rings. The van der Waals surface area contributed by atoms with Crippen molar-refractivity contribution in [3.8, 4) is 0 Å². The number of thiol groups is 1. The van der Waals surface area contributed by atoms with Gasteiger partial charge in [0.05, 0.1) is 0 Å². The molecule has 2 nitrogen and oxygen atoms in total. The van der Waals surface area contributed by atoms with E-state index in [0.717, 1.165) is 5.56 Å². The monoisotopic (exact) mass is 303 g/mol. The van der Waals surface area contributed by atoms with Crippen LogP contribution in [0.5, 0.6) is 0 Å². The molecule has 2 rings (SSSR count). The second-order valence-electron chi connectivity index (χ2n) is 5.25. The quantitative estimate of drug-likeness (QED) is 0.816. The molecule has 0 heterocycles. The Morgan fingerprint density at radius 3 is 2.43 bits per heavy atom. The van der Waals surface area contributed by atoms with Crippen LogP contribution < -0.4 is 5.32 Å². The van der Waals surface area contributed by atoms with Gasteiger partial charge in [0.2, 0.25) is 0 Å². The van der Waals surface area contributed by atoms with Gasteiger partial charge in [0, 0.05) is 17.0 Å². The van der Waals surface area contributed by atoms with Gasteiger partial charge in [-0.1, -0.05) is 38.1 Å². The van der Waals surface area contributed by atoms with Crippen LogP contribution in [0.3, 0.4) is 0 Å². The molecule has 0 atom stereocenters. The Hall–Kier alpha value is -1.81. The van der Waals surface area contributed by atoms with Gasteiger partial charge >= 0.3 is 0 Å². The fourth-order valence-electron chi connectivity index (χ4n) is 1.96. The molecule has 2 aromatic rings. The van der Waals surface area contributed by atoms with Crippen LogP contribution in [0.2, 0.25) is 0 Å². The van der Waals surface area contributed by atoms with E-state index in [4.69, 9.17) is 0 Å². The normalized spacial score (nSPS) is 10.7. The largest absolute Gasteiger partial charge is 0.348 e. The lowest BCUT2D eigenvalue weighted by atomic mass is 10.0. The molecular formula is C17H18FNOS. The molecule has 0 spiro atoms. The van der Waals surface area contributed by atoms with Crippen LogP contribution in [-0.2, 0) is 6.54 Å². The zero-order valence-electron chi connectivity index (χ0n) is 12.1. The molecule has 0 aliphatic rings. The van der Waals surface area contributed by atoms with Crippen LogP contribution in [-0.4, -0.2) is 5.91 Å². The van der Waals surface area contributed by atoms with Crippen molar-refractivity contribution in [2.75, 3.05) is 0 Å². The van der Waals surface area contributed by atoms with Crippen LogP contribution in [0.25, 0.3) is 0 Å². The molecule has 0 bridgehead atoms. The molecule has 110 valence electrons. The van der Waals surface area contributed by atoms with Gasteiger partial charge in [0.1, 0.15) is 5.82 Å². The molecule has 4 heteroatoms. The fraction of sp³-hybridized carbons (Fsp3) is 0.235. The third kappa shape index (κ3) is 4.08. The second-order valence-corrected chi connectivity index (χ2v) is 5.73. The lowest BCUT2D eigenvalue weighted by Crippen LogP contribution is -2.22. The number of carbonyl (C=O) groups excluding carboxylic acids is 1. The van der Waals surface area contributed by atoms with Crippen molar-refractivity contribution in [2.45, 2.75) is 31.2 Å². The van der Waals surface area contributed by atoms with Crippen LogP contribution in [0.4, 0.5) is 4.39 Å². The van der Waals surface area contributed by atoms with Crippen LogP contribution in [0, 0.1) is 5.82 Å². The summed E-state index contributed by atoms with van der Waals surface area (Å²) in [6.45, 7) is 4.72. The number of halogens is 1. The number of carbonyl (C=O) groups is 1. The number of hydrogen-bond donors (Lipinski definition) is 2. The third-order valence-electron chi connectivity index (χ3n) is 3.31. The fourth-order valence-corrected chi connectivity index (χ4v) is 2.17. The number of amides is 1. The summed E-state index contributed by atoms with van der Waals surface area (Å²) >= 11 is 3.98. The highest BCUT2D eigenvalue weighted by Crippen LogP contribution is 2.16. The molecular weight excluding hydrogens is 285 g/mol. The van der Waals surface area contributed by atoms with Crippen LogP contribution >= 0.6 is 12.6 Å². The van der Waals surface area contributed by atoms with Crippen molar-refractivity contribution < 1.29 is 9.18 Å². The standard InChI is InChI=1S/C17H18FNOS/c1-11(2)13-5-3-12(4-6-13)10-19-17(20)14-7-8-15(18)16(21)9-14/h3-9,11,21H,10H2,1-2H3,(H,19,20). The molecule has 0 aliphatic carbocycles. The average molecular weight is 303 g/mol. The van der Waals surface area contributed by atoms with E-state index < -0.39 is 5.82 Å². The van der Waals surface area contributed by atoms with Gasteiger partial charge in [-0.15, -0.1) is 12.6 Å². The third-order valence-corrected chi connectivity index (χ3v) is 3.65. The van der Waals surface area contributed by atoms with Gasteiger partial charge in [0.25, 0.3) is 5.91 Å². The van der Waals surface area contributed by atoms with Gasteiger partial charge < -0.3 is 5.32 Å². The van der Waals surface area contributed by atoms with Crippen molar-refractivity contribution in [2.24, 2.45) is 0 Å². The van der Waals surface area contributed by atoms with E-state index in [-0.39, 0.29) is 10.8 Å². The highest BCUT2D eigenvalue weighted by Gasteiger charge is 2.08. The van der Waals surface area contributed by atoms with Gasteiger partial charge in [-0.2, -0.15) is 0 Å². The van der Waals surface area contributed by atoms with E-state index in [1.165, 1.54) is 23.8 Å².